The van der Waals surface area contributed by atoms with Crippen LogP contribution in [0.1, 0.15) is 6.42 Å². The predicted molar refractivity (Wildman–Crippen MR) is 41.5 cm³/mol. The monoisotopic (exact) mass is 167 g/mol. The minimum atomic E-state index is -0.316. The molecule has 1 fully saturated rings. The molecule has 0 bridgehead atoms. The van der Waals surface area contributed by atoms with Crippen LogP contribution in [0.4, 0.5) is 0 Å². The van der Waals surface area contributed by atoms with Crippen LogP contribution >= 0.6 is 12.4 Å². The highest BCUT2D eigenvalue weighted by Crippen LogP contribution is 2.05. The number of aliphatic hydroxyl groups excluding tert-OH is 1. The number of ether oxygens (including phenoxy) is 1. The van der Waals surface area contributed by atoms with E-state index in [9.17, 15) is 5.11 Å². The number of β-amino-alcohol motifs (C(OH)–C–C–N with tert-alkyl or cyclic N) is 1. The molecule has 1 rings (SSSR count). The van der Waals surface area contributed by atoms with Crippen LogP contribution in [0.3, 0.4) is 0 Å². The number of aliphatic hydroxyl groups is 1. The number of rotatable bonds is 1. The maximum absolute atomic E-state index is 9.18. The highest BCUT2D eigenvalue weighted by Gasteiger charge is 2.21. The minimum Gasteiger partial charge on any atom is -0.389 e. The van der Waals surface area contributed by atoms with Crippen molar-refractivity contribution in [2.24, 2.45) is 0 Å². The van der Waals surface area contributed by atoms with Gasteiger partial charge in [-0.05, 0) is 13.0 Å². The van der Waals surface area contributed by atoms with Crippen molar-refractivity contribution < 1.29 is 9.84 Å². The number of hydrogen-bond acceptors (Lipinski definition) is 3. The Morgan fingerprint density at radius 1 is 1.60 bits per heavy atom. The van der Waals surface area contributed by atoms with Gasteiger partial charge in [-0.25, -0.2) is 0 Å². The van der Waals surface area contributed by atoms with Crippen molar-refractivity contribution in [3.63, 3.8) is 0 Å². The molecule has 1 heterocycles. The molecule has 0 aromatic rings. The van der Waals surface area contributed by atoms with Crippen LogP contribution in [0.2, 0.25) is 0 Å². The normalized spacial score (nSPS) is 33.0. The zero-order chi connectivity index (χ0) is 6.69. The minimum absolute atomic E-state index is 0. The van der Waals surface area contributed by atoms with E-state index in [0.717, 1.165) is 13.0 Å². The second-order valence-corrected chi connectivity index (χ2v) is 2.33. The van der Waals surface area contributed by atoms with E-state index in [0.29, 0.717) is 6.54 Å². The van der Waals surface area contributed by atoms with Crippen LogP contribution in [-0.4, -0.2) is 37.5 Å². The Morgan fingerprint density at radius 3 is 2.70 bits per heavy atom. The van der Waals surface area contributed by atoms with Gasteiger partial charge in [0.1, 0.15) is 0 Å². The summed E-state index contributed by atoms with van der Waals surface area (Å²) in [7, 11) is 1.64. The molecule has 0 aromatic heterocycles. The van der Waals surface area contributed by atoms with E-state index in [1.807, 2.05) is 0 Å². The molecule has 0 amide bonds. The molecule has 2 N–H and O–H groups in total. The van der Waals surface area contributed by atoms with E-state index in [1.54, 1.807) is 7.11 Å². The van der Waals surface area contributed by atoms with Crippen LogP contribution in [0.15, 0.2) is 0 Å². The molecule has 10 heavy (non-hydrogen) atoms. The lowest BCUT2D eigenvalue weighted by Crippen LogP contribution is -2.44. The Morgan fingerprint density at radius 2 is 2.30 bits per heavy atom. The standard InChI is InChI=1S/C6H13NO2.ClH/c1-9-6-2-3-7-4-5(6)8;/h5-8H,2-4H2,1H3;1H/t5-,6+;/m1./s1. The third-order valence-corrected chi connectivity index (χ3v) is 1.69. The SMILES string of the molecule is CO[C@H]1CCNC[C@H]1O.Cl. The van der Waals surface area contributed by atoms with Gasteiger partial charge in [-0.2, -0.15) is 0 Å². The molecule has 1 aliphatic rings. The number of nitrogens with one attached hydrogen (secondary N) is 1. The molecule has 62 valence electrons. The molecular weight excluding hydrogens is 154 g/mol. The summed E-state index contributed by atoms with van der Waals surface area (Å²) in [5, 5.41) is 12.3. The third kappa shape index (κ3) is 2.42. The van der Waals surface area contributed by atoms with Crippen molar-refractivity contribution in [1.29, 1.82) is 0 Å². The fourth-order valence-electron chi connectivity index (χ4n) is 1.09. The molecule has 1 aliphatic heterocycles. The van der Waals surface area contributed by atoms with Crippen molar-refractivity contribution in [3.05, 3.63) is 0 Å². The zero-order valence-corrected chi connectivity index (χ0v) is 6.86. The summed E-state index contributed by atoms with van der Waals surface area (Å²) in [6.07, 6.45) is 0.646. The average Bonchev–Trinajstić information content (AvgIpc) is 1.89. The highest BCUT2D eigenvalue weighted by atomic mass is 35.5. The number of piperidine rings is 1. The molecular formula is C6H14ClNO2. The molecule has 1 saturated heterocycles. The quantitative estimate of drug-likeness (QED) is 0.568. The van der Waals surface area contributed by atoms with Crippen LogP contribution in [-0.2, 0) is 4.74 Å². The molecule has 0 spiro atoms. The Kier molecular flexibility index (Phi) is 4.99. The fraction of sp³-hybridized carbons (Fsp3) is 1.00. The van der Waals surface area contributed by atoms with Gasteiger partial charge in [0.2, 0.25) is 0 Å². The van der Waals surface area contributed by atoms with Crippen LogP contribution in [0, 0.1) is 0 Å². The second-order valence-electron chi connectivity index (χ2n) is 2.33. The topological polar surface area (TPSA) is 41.5 Å². The fourth-order valence-corrected chi connectivity index (χ4v) is 1.09. The van der Waals surface area contributed by atoms with Gasteiger partial charge < -0.3 is 15.2 Å². The van der Waals surface area contributed by atoms with Crippen molar-refractivity contribution in [2.75, 3.05) is 20.2 Å². The van der Waals surface area contributed by atoms with Gasteiger partial charge in [-0.1, -0.05) is 0 Å². The maximum Gasteiger partial charge on any atom is 0.0926 e. The highest BCUT2D eigenvalue weighted by molar-refractivity contribution is 5.85. The summed E-state index contributed by atoms with van der Waals surface area (Å²) < 4.78 is 5.01. The van der Waals surface area contributed by atoms with Gasteiger partial charge in [-0.15, -0.1) is 12.4 Å². The summed E-state index contributed by atoms with van der Waals surface area (Å²) >= 11 is 0. The van der Waals surface area contributed by atoms with Crippen LogP contribution < -0.4 is 5.32 Å². The Bertz CT molecular complexity index is 91.8. The summed E-state index contributed by atoms with van der Waals surface area (Å²) in [6, 6.07) is 0. The van der Waals surface area contributed by atoms with Crippen molar-refractivity contribution in [3.8, 4) is 0 Å². The summed E-state index contributed by atoms with van der Waals surface area (Å²) in [4.78, 5) is 0. The van der Waals surface area contributed by atoms with E-state index < -0.39 is 0 Å². The van der Waals surface area contributed by atoms with E-state index in [2.05, 4.69) is 5.32 Å². The number of halogens is 1. The van der Waals surface area contributed by atoms with Gasteiger partial charge in [-0.3, -0.25) is 0 Å². The van der Waals surface area contributed by atoms with Gasteiger partial charge in [0.05, 0.1) is 12.2 Å². The summed E-state index contributed by atoms with van der Waals surface area (Å²) in [5.41, 5.74) is 0. The molecule has 0 radical (unpaired) electrons. The van der Waals surface area contributed by atoms with E-state index in [1.165, 1.54) is 0 Å². The van der Waals surface area contributed by atoms with E-state index in [4.69, 9.17) is 4.74 Å². The molecule has 3 nitrogen and oxygen atoms in total. The zero-order valence-electron chi connectivity index (χ0n) is 6.04. The molecule has 0 aliphatic carbocycles. The first-order valence-electron chi connectivity index (χ1n) is 3.26. The maximum atomic E-state index is 9.18. The van der Waals surface area contributed by atoms with Crippen molar-refractivity contribution in [2.45, 2.75) is 18.6 Å². The summed E-state index contributed by atoms with van der Waals surface area (Å²) in [5.74, 6) is 0. The van der Waals surface area contributed by atoms with Gasteiger partial charge in [0.25, 0.3) is 0 Å². The Labute approximate surface area is 67.2 Å². The molecule has 0 aromatic carbocycles. The second kappa shape index (κ2) is 4.91. The Balaban J connectivity index is 0.000000810. The molecule has 0 unspecified atom stereocenters. The van der Waals surface area contributed by atoms with Crippen LogP contribution in [0.5, 0.6) is 0 Å². The lowest BCUT2D eigenvalue weighted by Gasteiger charge is -2.26. The van der Waals surface area contributed by atoms with Gasteiger partial charge in [0.15, 0.2) is 0 Å². The number of hydrogen-bond donors (Lipinski definition) is 2. The molecule has 2 atom stereocenters. The first kappa shape index (κ1) is 10.2. The van der Waals surface area contributed by atoms with Crippen molar-refractivity contribution in [1.82, 2.24) is 5.32 Å². The predicted octanol–water partition coefficient (Wildman–Crippen LogP) is -0.223. The first-order valence-corrected chi connectivity index (χ1v) is 3.26. The Hall–Kier alpha value is 0.170. The molecule has 0 saturated carbocycles. The van der Waals surface area contributed by atoms with E-state index in [-0.39, 0.29) is 24.6 Å². The first-order chi connectivity index (χ1) is 4.34. The lowest BCUT2D eigenvalue weighted by atomic mass is 10.1. The third-order valence-electron chi connectivity index (χ3n) is 1.69. The smallest absolute Gasteiger partial charge is 0.0926 e. The molecule has 4 heteroatoms. The van der Waals surface area contributed by atoms with E-state index >= 15 is 0 Å². The van der Waals surface area contributed by atoms with Crippen molar-refractivity contribution >= 4 is 12.4 Å². The number of methoxy groups -OCH3 is 1. The lowest BCUT2D eigenvalue weighted by molar-refractivity contribution is -0.0280. The average molecular weight is 168 g/mol. The van der Waals surface area contributed by atoms with Crippen LogP contribution in [0.25, 0.3) is 0 Å². The van der Waals surface area contributed by atoms with Gasteiger partial charge in [0, 0.05) is 13.7 Å². The summed E-state index contributed by atoms with van der Waals surface area (Å²) in [6.45, 7) is 1.62. The largest absolute Gasteiger partial charge is 0.389 e. The van der Waals surface area contributed by atoms with Gasteiger partial charge >= 0.3 is 0 Å².